The first kappa shape index (κ1) is 16.3. The van der Waals surface area contributed by atoms with E-state index in [0.717, 1.165) is 0 Å². The topological polar surface area (TPSA) is 55.8 Å². The van der Waals surface area contributed by atoms with Crippen LogP contribution in [0.4, 0.5) is 0 Å². The van der Waals surface area contributed by atoms with Crippen LogP contribution < -0.4 is 9.47 Å². The lowest BCUT2D eigenvalue weighted by Crippen LogP contribution is -2.34. The van der Waals surface area contributed by atoms with Crippen LogP contribution in [0.2, 0.25) is 0 Å². The Morgan fingerprint density at radius 3 is 2.25 bits per heavy atom. The van der Waals surface area contributed by atoms with Crippen LogP contribution in [-0.4, -0.2) is 24.3 Å². The molecule has 1 unspecified atom stereocenters. The maximum atomic E-state index is 11.4. The highest BCUT2D eigenvalue weighted by atomic mass is 16.5. The first-order valence-corrected chi connectivity index (χ1v) is 6.99. The Hall–Kier alpha value is -1.71. The Labute approximate surface area is 120 Å². The zero-order valence-corrected chi connectivity index (χ0v) is 12.7. The molecule has 0 aromatic heterocycles. The first-order chi connectivity index (χ1) is 9.41. The molecule has 1 aromatic rings. The fourth-order valence-corrected chi connectivity index (χ4v) is 1.86. The van der Waals surface area contributed by atoms with Crippen molar-refractivity contribution in [3.05, 3.63) is 24.3 Å². The van der Waals surface area contributed by atoms with Gasteiger partial charge in [0.1, 0.15) is 0 Å². The largest absolute Gasteiger partial charge is 0.490 e. The van der Waals surface area contributed by atoms with Gasteiger partial charge in [0.2, 0.25) is 0 Å². The Balaban J connectivity index is 2.66. The van der Waals surface area contributed by atoms with Crippen molar-refractivity contribution in [2.75, 3.05) is 13.2 Å². The fraction of sp³-hybridized carbons (Fsp3) is 0.562. The van der Waals surface area contributed by atoms with Crippen molar-refractivity contribution in [3.63, 3.8) is 0 Å². The molecule has 1 atom stereocenters. The summed E-state index contributed by atoms with van der Waals surface area (Å²) in [5.74, 6) is 0.613. The maximum Gasteiger partial charge on any atom is 0.309 e. The molecule has 4 heteroatoms. The highest BCUT2D eigenvalue weighted by Crippen LogP contribution is 2.32. The minimum absolute atomic E-state index is 0.0470. The summed E-state index contributed by atoms with van der Waals surface area (Å²) in [6, 6.07) is 7.43. The number of hydrogen-bond acceptors (Lipinski definition) is 3. The minimum atomic E-state index is -0.783. The molecule has 20 heavy (non-hydrogen) atoms. The average molecular weight is 280 g/mol. The summed E-state index contributed by atoms with van der Waals surface area (Å²) in [6.07, 6.45) is 0.459. The number of carbonyl (C=O) groups is 1. The molecule has 1 rings (SSSR count). The highest BCUT2D eigenvalue weighted by Gasteiger charge is 2.36. The number of benzene rings is 1. The van der Waals surface area contributed by atoms with Crippen LogP contribution in [0.15, 0.2) is 24.3 Å². The number of aliphatic carboxylic acids is 1. The van der Waals surface area contributed by atoms with Gasteiger partial charge in [0.15, 0.2) is 11.5 Å². The molecule has 0 aliphatic heterocycles. The minimum Gasteiger partial charge on any atom is -0.490 e. The Morgan fingerprint density at radius 1 is 1.25 bits per heavy atom. The van der Waals surface area contributed by atoms with Crippen molar-refractivity contribution in [3.8, 4) is 11.5 Å². The molecular weight excluding hydrogens is 256 g/mol. The Morgan fingerprint density at radius 2 is 1.80 bits per heavy atom. The molecule has 0 bridgehead atoms. The monoisotopic (exact) mass is 280 g/mol. The van der Waals surface area contributed by atoms with E-state index in [4.69, 9.17) is 9.47 Å². The summed E-state index contributed by atoms with van der Waals surface area (Å²) in [7, 11) is 0. The van der Waals surface area contributed by atoms with Crippen LogP contribution in [0.5, 0.6) is 11.5 Å². The van der Waals surface area contributed by atoms with Crippen LogP contribution in [0, 0.1) is 11.3 Å². The van der Waals surface area contributed by atoms with E-state index in [1.54, 1.807) is 6.92 Å². The van der Waals surface area contributed by atoms with Gasteiger partial charge in [-0.05, 0) is 38.3 Å². The first-order valence-electron chi connectivity index (χ1n) is 6.99. The summed E-state index contributed by atoms with van der Waals surface area (Å²) in [4.78, 5) is 11.4. The van der Waals surface area contributed by atoms with Crippen LogP contribution in [0.3, 0.4) is 0 Å². The second-order valence-electron chi connectivity index (χ2n) is 5.36. The number of hydrogen-bond donors (Lipinski definition) is 1. The fourth-order valence-electron chi connectivity index (χ4n) is 1.86. The van der Waals surface area contributed by atoms with Crippen LogP contribution >= 0.6 is 0 Å². The van der Waals surface area contributed by atoms with E-state index in [2.05, 4.69) is 0 Å². The lowest BCUT2D eigenvalue weighted by Gasteiger charge is -2.29. The van der Waals surface area contributed by atoms with Gasteiger partial charge in [-0.3, -0.25) is 4.79 Å². The smallest absolute Gasteiger partial charge is 0.309 e. The average Bonchev–Trinajstić information content (AvgIpc) is 2.40. The van der Waals surface area contributed by atoms with Gasteiger partial charge in [-0.25, -0.2) is 0 Å². The molecule has 0 amide bonds. The lowest BCUT2D eigenvalue weighted by molar-refractivity contribution is -0.151. The predicted octanol–water partition coefficient (Wildman–Crippen LogP) is 3.60. The standard InChI is InChI=1S/C16H24O4/c1-5-19-13-8-6-7-9-14(13)20-11-10-16(4,12(2)3)15(17)18/h6-9,12H,5,10-11H2,1-4H3,(H,17,18). The molecule has 0 radical (unpaired) electrons. The zero-order chi connectivity index (χ0) is 15.2. The van der Waals surface area contributed by atoms with Gasteiger partial charge in [-0.2, -0.15) is 0 Å². The third-order valence-corrected chi connectivity index (χ3v) is 3.79. The molecule has 1 aromatic carbocycles. The van der Waals surface area contributed by atoms with Crippen LogP contribution in [0.1, 0.15) is 34.1 Å². The van der Waals surface area contributed by atoms with Crippen molar-refractivity contribution in [2.24, 2.45) is 11.3 Å². The van der Waals surface area contributed by atoms with E-state index in [0.29, 0.717) is 31.1 Å². The molecule has 0 spiro atoms. The van der Waals surface area contributed by atoms with E-state index in [1.165, 1.54) is 0 Å². The Bertz CT molecular complexity index is 442. The van der Waals surface area contributed by atoms with E-state index < -0.39 is 11.4 Å². The molecule has 0 saturated carbocycles. The van der Waals surface area contributed by atoms with Crippen LogP contribution in [-0.2, 0) is 4.79 Å². The maximum absolute atomic E-state index is 11.4. The SMILES string of the molecule is CCOc1ccccc1OCCC(C)(C(=O)O)C(C)C. The zero-order valence-electron chi connectivity index (χ0n) is 12.7. The molecule has 112 valence electrons. The van der Waals surface area contributed by atoms with E-state index >= 15 is 0 Å². The van der Waals surface area contributed by atoms with Gasteiger partial charge in [0.25, 0.3) is 0 Å². The number of carboxylic acids is 1. The van der Waals surface area contributed by atoms with Crippen molar-refractivity contribution < 1.29 is 19.4 Å². The third kappa shape index (κ3) is 3.89. The number of para-hydroxylation sites is 2. The van der Waals surface area contributed by atoms with Gasteiger partial charge >= 0.3 is 5.97 Å². The Kier molecular flexibility index (Phi) is 5.86. The molecule has 4 nitrogen and oxygen atoms in total. The second-order valence-corrected chi connectivity index (χ2v) is 5.36. The summed E-state index contributed by atoms with van der Waals surface area (Å²) in [5.41, 5.74) is -0.777. The molecular formula is C16H24O4. The second kappa shape index (κ2) is 7.17. The van der Waals surface area contributed by atoms with Crippen molar-refractivity contribution in [1.82, 2.24) is 0 Å². The number of ether oxygens (including phenoxy) is 2. The third-order valence-electron chi connectivity index (χ3n) is 3.79. The predicted molar refractivity (Wildman–Crippen MR) is 78.3 cm³/mol. The van der Waals surface area contributed by atoms with Crippen LogP contribution in [0.25, 0.3) is 0 Å². The van der Waals surface area contributed by atoms with Gasteiger partial charge in [-0.1, -0.05) is 26.0 Å². The molecule has 0 fully saturated rings. The summed E-state index contributed by atoms with van der Waals surface area (Å²) in [6.45, 7) is 8.43. The normalized spacial score (nSPS) is 13.8. The number of rotatable bonds is 8. The lowest BCUT2D eigenvalue weighted by atomic mass is 9.77. The summed E-state index contributed by atoms with van der Waals surface area (Å²) < 4.78 is 11.2. The van der Waals surface area contributed by atoms with E-state index in [-0.39, 0.29) is 5.92 Å². The van der Waals surface area contributed by atoms with Gasteiger partial charge in [0, 0.05) is 0 Å². The summed E-state index contributed by atoms with van der Waals surface area (Å²) >= 11 is 0. The molecule has 1 N–H and O–H groups in total. The van der Waals surface area contributed by atoms with Crippen molar-refractivity contribution >= 4 is 5.97 Å². The molecule has 0 aliphatic carbocycles. The highest BCUT2D eigenvalue weighted by molar-refractivity contribution is 5.74. The van der Waals surface area contributed by atoms with E-state index in [1.807, 2.05) is 45.0 Å². The van der Waals surface area contributed by atoms with E-state index in [9.17, 15) is 9.90 Å². The van der Waals surface area contributed by atoms with Crippen molar-refractivity contribution in [1.29, 1.82) is 0 Å². The molecule has 0 aliphatic rings. The quantitative estimate of drug-likeness (QED) is 0.790. The number of carboxylic acid groups (broad SMARTS) is 1. The molecule has 0 heterocycles. The van der Waals surface area contributed by atoms with Gasteiger partial charge in [0.05, 0.1) is 18.6 Å². The van der Waals surface area contributed by atoms with Crippen molar-refractivity contribution in [2.45, 2.75) is 34.1 Å². The molecule has 0 saturated heterocycles. The van der Waals surface area contributed by atoms with Gasteiger partial charge in [-0.15, -0.1) is 0 Å². The van der Waals surface area contributed by atoms with Gasteiger partial charge < -0.3 is 14.6 Å². The summed E-state index contributed by atoms with van der Waals surface area (Å²) in [5, 5.41) is 9.36.